The lowest BCUT2D eigenvalue weighted by Crippen LogP contribution is -2.37. The van der Waals surface area contributed by atoms with E-state index in [2.05, 4.69) is 123 Å². The molecule has 4 aromatic carbocycles. The van der Waals surface area contributed by atoms with Crippen LogP contribution in [0, 0.1) is 0 Å². The van der Waals surface area contributed by atoms with E-state index in [0.29, 0.717) is 0 Å². The van der Waals surface area contributed by atoms with Crippen molar-refractivity contribution in [2.75, 3.05) is 0 Å². The molecule has 2 heteroatoms. The molecule has 156 valence electrons. The highest BCUT2D eigenvalue weighted by Gasteiger charge is 2.15. The summed E-state index contributed by atoms with van der Waals surface area (Å²) in [7, 11) is -1.26. The molecule has 32 heavy (non-hydrogen) atoms. The highest BCUT2D eigenvalue weighted by Crippen LogP contribution is 2.29. The van der Waals surface area contributed by atoms with Gasteiger partial charge < -0.3 is 0 Å². The number of para-hydroxylation sites is 1. The lowest BCUT2D eigenvalue weighted by atomic mass is 9.98. The first-order chi connectivity index (χ1) is 15.5. The first-order valence-electron chi connectivity index (χ1n) is 11.1. The molecule has 0 unspecified atom stereocenters. The molecule has 0 amide bonds. The minimum absolute atomic E-state index is 1.00. The molecule has 0 radical (unpaired) electrons. The van der Waals surface area contributed by atoms with Gasteiger partial charge in [0.25, 0.3) is 0 Å². The van der Waals surface area contributed by atoms with Crippen LogP contribution in [-0.2, 0) is 0 Å². The Balaban J connectivity index is 1.43. The van der Waals surface area contributed by atoms with Crippen molar-refractivity contribution in [1.82, 2.24) is 4.98 Å². The minimum Gasteiger partial charge on any atom is -0.248 e. The highest BCUT2D eigenvalue weighted by molar-refractivity contribution is 6.88. The van der Waals surface area contributed by atoms with E-state index in [1.54, 1.807) is 0 Å². The number of aromatic nitrogens is 1. The molecule has 0 atom stereocenters. The summed E-state index contributed by atoms with van der Waals surface area (Å²) in [6.07, 6.45) is 0. The zero-order valence-electron chi connectivity index (χ0n) is 18.8. The van der Waals surface area contributed by atoms with E-state index in [1.165, 1.54) is 32.8 Å². The van der Waals surface area contributed by atoms with E-state index in [9.17, 15) is 0 Å². The van der Waals surface area contributed by atoms with Crippen LogP contribution in [0.4, 0.5) is 0 Å². The van der Waals surface area contributed by atoms with Crippen LogP contribution in [0.5, 0.6) is 0 Å². The Kier molecular flexibility index (Phi) is 5.24. The zero-order chi connectivity index (χ0) is 22.1. The number of fused-ring (bicyclic) bond motifs is 1. The third kappa shape index (κ3) is 4.14. The predicted molar refractivity (Wildman–Crippen MR) is 141 cm³/mol. The molecule has 5 rings (SSSR count). The Bertz CT molecular complexity index is 1380. The van der Waals surface area contributed by atoms with Crippen molar-refractivity contribution in [3.8, 4) is 33.5 Å². The van der Waals surface area contributed by atoms with E-state index in [0.717, 1.165) is 16.8 Å². The molecular formula is C30H27NSi. The molecule has 1 heterocycles. The molecule has 0 spiro atoms. The molecule has 0 N–H and O–H groups in total. The largest absolute Gasteiger partial charge is 0.248 e. The van der Waals surface area contributed by atoms with Crippen molar-refractivity contribution in [2.24, 2.45) is 0 Å². The quantitative estimate of drug-likeness (QED) is 0.266. The van der Waals surface area contributed by atoms with Crippen LogP contribution in [0.25, 0.3) is 44.4 Å². The molecule has 0 aliphatic rings. The van der Waals surface area contributed by atoms with Gasteiger partial charge in [0.1, 0.15) is 0 Å². The number of rotatable bonds is 4. The molecular weight excluding hydrogens is 402 g/mol. The van der Waals surface area contributed by atoms with Crippen molar-refractivity contribution < 1.29 is 0 Å². The maximum absolute atomic E-state index is 4.86. The topological polar surface area (TPSA) is 12.9 Å². The van der Waals surface area contributed by atoms with Crippen LogP contribution in [0.3, 0.4) is 0 Å². The van der Waals surface area contributed by atoms with Gasteiger partial charge in [-0.3, -0.25) is 0 Å². The van der Waals surface area contributed by atoms with Gasteiger partial charge in [0.15, 0.2) is 0 Å². The summed E-state index contributed by atoms with van der Waals surface area (Å²) in [6, 6.07) is 39.2. The SMILES string of the molecule is C[Si](C)(C)c1ccc(-c2ccc(-c3cccc(-c4ccc5ccccc5n4)c3)cc2)cc1. The second-order valence-corrected chi connectivity index (χ2v) is 14.5. The van der Waals surface area contributed by atoms with Crippen LogP contribution in [-0.4, -0.2) is 13.1 Å². The van der Waals surface area contributed by atoms with E-state index in [1.807, 2.05) is 6.07 Å². The molecule has 0 bridgehead atoms. The average molecular weight is 430 g/mol. The third-order valence-electron chi connectivity index (χ3n) is 6.06. The van der Waals surface area contributed by atoms with Crippen molar-refractivity contribution in [2.45, 2.75) is 19.6 Å². The van der Waals surface area contributed by atoms with Gasteiger partial charge in [-0.15, -0.1) is 0 Å². The molecule has 1 aromatic heterocycles. The smallest absolute Gasteiger partial charge is 0.0775 e. The monoisotopic (exact) mass is 429 g/mol. The van der Waals surface area contributed by atoms with Crippen molar-refractivity contribution >= 4 is 24.2 Å². The van der Waals surface area contributed by atoms with Gasteiger partial charge in [-0.1, -0.05) is 116 Å². The summed E-state index contributed by atoms with van der Waals surface area (Å²) < 4.78 is 0. The average Bonchev–Trinajstić information content (AvgIpc) is 2.83. The van der Waals surface area contributed by atoms with Crippen molar-refractivity contribution in [3.63, 3.8) is 0 Å². The Hall–Kier alpha value is -3.49. The summed E-state index contributed by atoms with van der Waals surface area (Å²) in [5.74, 6) is 0. The van der Waals surface area contributed by atoms with Gasteiger partial charge in [-0.25, -0.2) is 4.98 Å². The molecule has 0 aliphatic heterocycles. The number of benzene rings is 4. The summed E-state index contributed by atoms with van der Waals surface area (Å²) >= 11 is 0. The Morgan fingerprint density at radius 2 is 1.09 bits per heavy atom. The first-order valence-corrected chi connectivity index (χ1v) is 14.6. The highest BCUT2D eigenvalue weighted by atomic mass is 28.3. The van der Waals surface area contributed by atoms with Gasteiger partial charge >= 0.3 is 0 Å². The van der Waals surface area contributed by atoms with Crippen LogP contribution in [0.15, 0.2) is 109 Å². The molecule has 0 aliphatic carbocycles. The lowest BCUT2D eigenvalue weighted by molar-refractivity contribution is 1.40. The van der Waals surface area contributed by atoms with Crippen LogP contribution >= 0.6 is 0 Å². The van der Waals surface area contributed by atoms with Gasteiger partial charge in [0.2, 0.25) is 0 Å². The Morgan fingerprint density at radius 1 is 0.500 bits per heavy atom. The van der Waals surface area contributed by atoms with E-state index >= 15 is 0 Å². The lowest BCUT2D eigenvalue weighted by Gasteiger charge is -2.16. The van der Waals surface area contributed by atoms with Gasteiger partial charge in [-0.2, -0.15) is 0 Å². The third-order valence-corrected chi connectivity index (χ3v) is 8.12. The fourth-order valence-corrected chi connectivity index (χ4v) is 5.27. The number of hydrogen-bond acceptors (Lipinski definition) is 1. The number of hydrogen-bond donors (Lipinski definition) is 0. The maximum atomic E-state index is 4.86. The number of nitrogens with zero attached hydrogens (tertiary/aromatic N) is 1. The Morgan fingerprint density at radius 3 is 1.78 bits per heavy atom. The fraction of sp³-hybridized carbons (Fsp3) is 0.100. The van der Waals surface area contributed by atoms with Crippen LogP contribution in [0.1, 0.15) is 0 Å². The van der Waals surface area contributed by atoms with Gasteiger partial charge in [-0.05, 0) is 40.5 Å². The predicted octanol–water partition coefficient (Wildman–Crippen LogP) is 7.78. The first kappa shape index (κ1) is 20.4. The van der Waals surface area contributed by atoms with E-state index in [-0.39, 0.29) is 0 Å². The van der Waals surface area contributed by atoms with Crippen LogP contribution < -0.4 is 5.19 Å². The Labute approximate surface area is 191 Å². The molecule has 0 saturated carbocycles. The summed E-state index contributed by atoms with van der Waals surface area (Å²) in [4.78, 5) is 4.86. The summed E-state index contributed by atoms with van der Waals surface area (Å²) in [5, 5.41) is 2.66. The fourth-order valence-electron chi connectivity index (χ4n) is 4.10. The van der Waals surface area contributed by atoms with Crippen LogP contribution in [0.2, 0.25) is 19.6 Å². The van der Waals surface area contributed by atoms with Gasteiger partial charge in [0.05, 0.1) is 19.3 Å². The molecule has 1 nitrogen and oxygen atoms in total. The second-order valence-electron chi connectivity index (χ2n) is 9.37. The standard InChI is InChI=1S/C30H27NSi/c1-32(2,3)28-18-15-23(16-19-28)22-11-13-24(14-12-22)26-8-6-9-27(21-26)30-20-17-25-7-4-5-10-29(25)31-30/h4-21H,1-3H3. The van der Waals surface area contributed by atoms with Gasteiger partial charge in [0, 0.05) is 10.9 Å². The van der Waals surface area contributed by atoms with Crippen molar-refractivity contribution in [1.29, 1.82) is 0 Å². The van der Waals surface area contributed by atoms with E-state index < -0.39 is 8.07 Å². The molecule has 0 saturated heterocycles. The summed E-state index contributed by atoms with van der Waals surface area (Å²) in [6.45, 7) is 7.16. The number of pyridine rings is 1. The zero-order valence-corrected chi connectivity index (χ0v) is 19.8. The van der Waals surface area contributed by atoms with E-state index in [4.69, 9.17) is 4.98 Å². The molecule has 0 fully saturated rings. The minimum atomic E-state index is -1.26. The maximum Gasteiger partial charge on any atom is 0.0775 e. The normalized spacial score (nSPS) is 11.6. The summed E-state index contributed by atoms with van der Waals surface area (Å²) in [5.41, 5.74) is 8.12. The second kappa shape index (κ2) is 8.21. The van der Waals surface area contributed by atoms with Crippen molar-refractivity contribution in [3.05, 3.63) is 109 Å². The molecule has 5 aromatic rings.